The molecule has 1 rings (SSSR count). The van der Waals surface area contributed by atoms with Gasteiger partial charge < -0.3 is 4.81 Å². The van der Waals surface area contributed by atoms with E-state index in [0.717, 1.165) is 0 Å². The van der Waals surface area contributed by atoms with Gasteiger partial charge in [-0.3, -0.25) is 0 Å². The van der Waals surface area contributed by atoms with E-state index in [1.807, 2.05) is 0 Å². The van der Waals surface area contributed by atoms with Crippen LogP contribution in [-0.2, 0) is 0 Å². The Balaban J connectivity index is 2.74. The van der Waals surface area contributed by atoms with Gasteiger partial charge in [-0.15, -0.1) is 0 Å². The first kappa shape index (κ1) is 12.3. The van der Waals surface area contributed by atoms with Crippen LogP contribution in [0.3, 0.4) is 0 Å². The summed E-state index contributed by atoms with van der Waals surface area (Å²) in [5.74, 6) is 0. The molecular formula is C13H21BN. The van der Waals surface area contributed by atoms with Crippen molar-refractivity contribution in [1.82, 2.24) is 4.81 Å². The summed E-state index contributed by atoms with van der Waals surface area (Å²) in [6.07, 6.45) is 0. The van der Waals surface area contributed by atoms with E-state index in [1.165, 1.54) is 11.0 Å². The fraction of sp³-hybridized carbons (Fsp3) is 0.538. The highest BCUT2D eigenvalue weighted by atomic mass is 15.1. The molecule has 0 atom stereocenters. The lowest BCUT2D eigenvalue weighted by Gasteiger charge is -2.30. The molecule has 0 aliphatic rings. The Labute approximate surface area is 94.8 Å². The molecule has 0 aliphatic heterocycles. The molecular weight excluding hydrogens is 181 g/mol. The van der Waals surface area contributed by atoms with Crippen LogP contribution in [0.4, 0.5) is 0 Å². The molecule has 0 spiro atoms. The lowest BCUT2D eigenvalue weighted by molar-refractivity contribution is 0.315. The number of rotatable bonds is 4. The summed E-state index contributed by atoms with van der Waals surface area (Å²) < 4.78 is 0. The largest absolute Gasteiger partial charge is 0.338 e. The van der Waals surface area contributed by atoms with Gasteiger partial charge in [0, 0.05) is 0 Å². The van der Waals surface area contributed by atoms with Crippen LogP contribution in [0, 0.1) is 6.92 Å². The van der Waals surface area contributed by atoms with Crippen molar-refractivity contribution in [2.24, 2.45) is 0 Å². The fourth-order valence-corrected chi connectivity index (χ4v) is 1.82. The minimum absolute atomic E-state index is 0.547. The van der Waals surface area contributed by atoms with Gasteiger partial charge in [-0.2, -0.15) is 0 Å². The highest BCUT2D eigenvalue weighted by Gasteiger charge is 2.14. The second-order valence-electron chi connectivity index (χ2n) is 4.68. The smallest absolute Gasteiger partial charge is 0.248 e. The van der Waals surface area contributed by atoms with Gasteiger partial charge in [-0.1, -0.05) is 63.0 Å². The first-order valence-electron chi connectivity index (χ1n) is 5.69. The van der Waals surface area contributed by atoms with E-state index >= 15 is 0 Å². The molecule has 15 heavy (non-hydrogen) atoms. The summed E-state index contributed by atoms with van der Waals surface area (Å²) in [5.41, 5.74) is 2.61. The number of nitrogens with zero attached hydrogens (tertiary/aromatic N) is 1. The predicted molar refractivity (Wildman–Crippen MR) is 68.7 cm³/mol. The van der Waals surface area contributed by atoms with Crippen molar-refractivity contribution in [3.63, 3.8) is 0 Å². The molecule has 0 unspecified atom stereocenters. The quantitative estimate of drug-likeness (QED) is 0.677. The van der Waals surface area contributed by atoms with E-state index in [9.17, 15) is 0 Å². The minimum Gasteiger partial charge on any atom is -0.338 e. The number of hydrogen-bond donors (Lipinski definition) is 0. The monoisotopic (exact) mass is 202 g/mol. The SMILES string of the molecule is Cc1cccc([B]N(C(C)C)C(C)C)c1. The Morgan fingerprint density at radius 2 is 1.67 bits per heavy atom. The summed E-state index contributed by atoms with van der Waals surface area (Å²) in [6, 6.07) is 9.71. The molecule has 1 aromatic rings. The van der Waals surface area contributed by atoms with Crippen LogP contribution in [-0.4, -0.2) is 24.3 Å². The van der Waals surface area contributed by atoms with Gasteiger partial charge in [-0.05, 0) is 19.0 Å². The summed E-state index contributed by atoms with van der Waals surface area (Å²) in [6.45, 7) is 11.0. The van der Waals surface area contributed by atoms with Crippen molar-refractivity contribution in [3.05, 3.63) is 29.8 Å². The van der Waals surface area contributed by atoms with Crippen molar-refractivity contribution in [2.75, 3.05) is 0 Å². The average Bonchev–Trinajstić information content (AvgIpc) is 2.13. The molecule has 0 bridgehead atoms. The molecule has 0 saturated carbocycles. The van der Waals surface area contributed by atoms with Crippen molar-refractivity contribution in [3.8, 4) is 0 Å². The molecule has 2 heteroatoms. The van der Waals surface area contributed by atoms with Gasteiger partial charge >= 0.3 is 0 Å². The van der Waals surface area contributed by atoms with Gasteiger partial charge in [0.25, 0.3) is 0 Å². The van der Waals surface area contributed by atoms with Gasteiger partial charge in [0.15, 0.2) is 0 Å². The Hall–Kier alpha value is -0.755. The third-order valence-corrected chi connectivity index (χ3v) is 2.53. The zero-order valence-electron chi connectivity index (χ0n) is 10.5. The Morgan fingerprint density at radius 1 is 1.07 bits per heavy atom. The van der Waals surface area contributed by atoms with Crippen LogP contribution in [0.15, 0.2) is 24.3 Å². The Bertz CT molecular complexity index is 299. The maximum absolute atomic E-state index is 2.38. The fourth-order valence-electron chi connectivity index (χ4n) is 1.82. The maximum atomic E-state index is 2.38. The minimum atomic E-state index is 0.547. The van der Waals surface area contributed by atoms with Crippen molar-refractivity contribution < 1.29 is 0 Å². The van der Waals surface area contributed by atoms with E-state index in [-0.39, 0.29) is 0 Å². The van der Waals surface area contributed by atoms with E-state index in [2.05, 4.69) is 71.1 Å². The first-order valence-corrected chi connectivity index (χ1v) is 5.69. The van der Waals surface area contributed by atoms with Crippen LogP contribution in [0.2, 0.25) is 0 Å². The highest BCUT2D eigenvalue weighted by molar-refractivity contribution is 6.50. The molecule has 0 amide bonds. The zero-order chi connectivity index (χ0) is 11.4. The topological polar surface area (TPSA) is 3.24 Å². The number of hydrogen-bond acceptors (Lipinski definition) is 1. The molecule has 1 aromatic carbocycles. The van der Waals surface area contributed by atoms with Gasteiger partial charge in [-0.25, -0.2) is 0 Å². The molecule has 81 valence electrons. The predicted octanol–water partition coefficient (Wildman–Crippen LogP) is 2.36. The van der Waals surface area contributed by atoms with E-state index in [0.29, 0.717) is 12.1 Å². The third kappa shape index (κ3) is 3.71. The molecule has 0 heterocycles. The standard InChI is InChI=1S/C13H21BN/c1-10(2)15(11(3)4)14-13-8-6-7-12(5)9-13/h6-11H,1-5H3. The molecule has 0 N–H and O–H groups in total. The van der Waals surface area contributed by atoms with Crippen molar-refractivity contribution in [1.29, 1.82) is 0 Å². The second kappa shape index (κ2) is 5.36. The molecule has 0 aliphatic carbocycles. The van der Waals surface area contributed by atoms with Gasteiger partial charge in [0.1, 0.15) is 0 Å². The third-order valence-electron chi connectivity index (χ3n) is 2.53. The van der Waals surface area contributed by atoms with E-state index in [1.54, 1.807) is 0 Å². The molecule has 0 fully saturated rings. The number of benzene rings is 1. The first-order chi connectivity index (χ1) is 7.00. The lowest BCUT2D eigenvalue weighted by atomic mass is 9.77. The Morgan fingerprint density at radius 3 is 2.13 bits per heavy atom. The lowest BCUT2D eigenvalue weighted by Crippen LogP contribution is -2.45. The van der Waals surface area contributed by atoms with Crippen LogP contribution in [0.1, 0.15) is 33.3 Å². The molecule has 0 saturated heterocycles. The van der Waals surface area contributed by atoms with Crippen LogP contribution < -0.4 is 5.46 Å². The number of aryl methyl sites for hydroxylation is 1. The zero-order valence-corrected chi connectivity index (χ0v) is 10.5. The molecule has 1 radical (unpaired) electrons. The Kier molecular flexibility index (Phi) is 4.40. The summed E-state index contributed by atoms with van der Waals surface area (Å²) >= 11 is 0. The van der Waals surface area contributed by atoms with E-state index < -0.39 is 0 Å². The van der Waals surface area contributed by atoms with Crippen LogP contribution >= 0.6 is 0 Å². The average molecular weight is 202 g/mol. The molecule has 0 aromatic heterocycles. The van der Waals surface area contributed by atoms with Crippen molar-refractivity contribution >= 4 is 12.9 Å². The highest BCUT2D eigenvalue weighted by Crippen LogP contribution is 2.03. The van der Waals surface area contributed by atoms with Crippen molar-refractivity contribution in [2.45, 2.75) is 46.7 Å². The second-order valence-corrected chi connectivity index (χ2v) is 4.68. The summed E-state index contributed by atoms with van der Waals surface area (Å²) in [5, 5.41) is 0. The van der Waals surface area contributed by atoms with Gasteiger partial charge in [0.05, 0.1) is 0 Å². The summed E-state index contributed by atoms with van der Waals surface area (Å²) in [4.78, 5) is 2.38. The maximum Gasteiger partial charge on any atom is 0.248 e. The molecule has 1 nitrogen and oxygen atoms in total. The van der Waals surface area contributed by atoms with E-state index in [4.69, 9.17) is 0 Å². The summed E-state index contributed by atoms with van der Waals surface area (Å²) in [7, 11) is 2.25. The van der Waals surface area contributed by atoms with Crippen LogP contribution in [0.5, 0.6) is 0 Å². The van der Waals surface area contributed by atoms with Gasteiger partial charge in [0.2, 0.25) is 7.41 Å². The normalized spacial score (nSPS) is 11.5. The van der Waals surface area contributed by atoms with Crippen LogP contribution in [0.25, 0.3) is 0 Å².